The van der Waals surface area contributed by atoms with E-state index in [-0.39, 0.29) is 11.6 Å². The molecule has 14 nitrogen and oxygen atoms in total. The predicted octanol–water partition coefficient (Wildman–Crippen LogP) is 2.12. The zero-order valence-electron chi connectivity index (χ0n) is 17.0. The number of nitro groups is 2. The maximum Gasteiger partial charge on any atom is 0.468 e. The van der Waals surface area contributed by atoms with Crippen molar-refractivity contribution in [2.75, 3.05) is 10.6 Å². The molecule has 0 saturated heterocycles. The molecule has 2 amide bonds. The van der Waals surface area contributed by atoms with Gasteiger partial charge in [-0.05, 0) is 43.0 Å². The van der Waals surface area contributed by atoms with Crippen molar-refractivity contribution in [2.24, 2.45) is 0 Å². The lowest BCUT2D eigenvalue weighted by Crippen LogP contribution is -2.21. The van der Waals surface area contributed by atoms with Crippen LogP contribution in [-0.4, -0.2) is 41.2 Å². The van der Waals surface area contributed by atoms with Crippen LogP contribution in [0.1, 0.15) is 23.1 Å². The number of hydrogen-bond acceptors (Lipinski definition) is 8. The number of rotatable bonds is 8. The first kappa shape index (κ1) is 22.1. The molecule has 166 valence electrons. The average molecular weight is 442 g/mol. The predicted molar refractivity (Wildman–Crippen MR) is 111 cm³/mol. The smallest absolute Gasteiger partial charge is 0.358 e. The zero-order chi connectivity index (χ0) is 23.4. The molecular formula is C18H18N8O6. The Hall–Kier alpha value is -4.62. The summed E-state index contributed by atoms with van der Waals surface area (Å²) >= 11 is 0. The Kier molecular flexibility index (Phi) is 6.23. The molecule has 0 aliphatic rings. The topological polar surface area (TPSA) is 180 Å². The third-order valence-corrected chi connectivity index (χ3v) is 4.46. The molecular weight excluding hydrogens is 424 g/mol. The van der Waals surface area contributed by atoms with Gasteiger partial charge in [-0.15, -0.1) is 0 Å². The fourth-order valence-electron chi connectivity index (χ4n) is 3.00. The molecule has 14 heteroatoms. The van der Waals surface area contributed by atoms with Crippen molar-refractivity contribution >= 4 is 34.7 Å². The van der Waals surface area contributed by atoms with Crippen LogP contribution in [0.3, 0.4) is 0 Å². The van der Waals surface area contributed by atoms with Gasteiger partial charge < -0.3 is 20.7 Å². The van der Waals surface area contributed by atoms with Gasteiger partial charge in [0.15, 0.2) is 0 Å². The Balaban J connectivity index is 1.72. The highest BCUT2D eigenvalue weighted by Gasteiger charge is 2.35. The monoisotopic (exact) mass is 442 g/mol. The lowest BCUT2D eigenvalue weighted by Gasteiger charge is -2.09. The number of aryl methyl sites for hydroxylation is 1. The molecule has 32 heavy (non-hydrogen) atoms. The van der Waals surface area contributed by atoms with Gasteiger partial charge in [0.25, 0.3) is 5.91 Å². The highest BCUT2D eigenvalue weighted by atomic mass is 16.6. The van der Waals surface area contributed by atoms with E-state index >= 15 is 0 Å². The Morgan fingerprint density at radius 2 is 1.75 bits per heavy atom. The lowest BCUT2D eigenvalue weighted by atomic mass is 10.2. The minimum Gasteiger partial charge on any atom is -0.358 e. The number of amides is 2. The first-order valence-corrected chi connectivity index (χ1v) is 9.30. The number of carbonyl (C=O) groups is 2. The normalized spacial score (nSPS) is 10.6. The van der Waals surface area contributed by atoms with Gasteiger partial charge in [-0.2, -0.15) is 9.78 Å². The van der Waals surface area contributed by atoms with Gasteiger partial charge in [-0.1, -0.05) is 6.07 Å². The van der Waals surface area contributed by atoms with Gasteiger partial charge in [0.1, 0.15) is 17.9 Å². The average Bonchev–Trinajstić information content (AvgIpc) is 3.33. The number of anilines is 2. The molecule has 0 aliphatic carbocycles. The molecule has 3 aromatic rings. The molecule has 2 aromatic heterocycles. The van der Waals surface area contributed by atoms with Gasteiger partial charge in [-0.25, -0.2) is 0 Å². The number of carbonyl (C=O) groups excluding carboxylic acids is 2. The van der Waals surface area contributed by atoms with Crippen molar-refractivity contribution in [1.29, 1.82) is 0 Å². The molecule has 0 radical (unpaired) electrons. The van der Waals surface area contributed by atoms with Crippen LogP contribution < -0.4 is 10.6 Å². The second-order valence-electron chi connectivity index (χ2n) is 6.54. The largest absolute Gasteiger partial charge is 0.468 e. The van der Waals surface area contributed by atoms with Crippen molar-refractivity contribution in [3.8, 4) is 0 Å². The summed E-state index contributed by atoms with van der Waals surface area (Å²) in [5, 5.41) is 35.0. The standard InChI is InChI=1S/C18H18N8O6/c1-3-23-14(7-8-19-23)18(28)21-13-6-4-5-12(9-13)20-15(27)10-24-11(2)16(25(29)30)17(22-24)26(31)32/h4-9H,3,10H2,1-2H3,(H,20,27)(H,21,28). The van der Waals surface area contributed by atoms with Gasteiger partial charge in [-0.3, -0.25) is 24.4 Å². The van der Waals surface area contributed by atoms with Crippen molar-refractivity contribution in [3.63, 3.8) is 0 Å². The van der Waals surface area contributed by atoms with Crippen LogP contribution >= 0.6 is 0 Å². The van der Waals surface area contributed by atoms with Crippen LogP contribution in [0.25, 0.3) is 0 Å². The third kappa shape index (κ3) is 4.58. The van der Waals surface area contributed by atoms with Crippen LogP contribution in [0.15, 0.2) is 36.5 Å². The highest BCUT2D eigenvalue weighted by Crippen LogP contribution is 2.29. The Morgan fingerprint density at radius 1 is 1.06 bits per heavy atom. The van der Waals surface area contributed by atoms with E-state index in [1.807, 2.05) is 6.92 Å². The number of nitrogens with zero attached hydrogens (tertiary/aromatic N) is 6. The molecule has 0 atom stereocenters. The summed E-state index contributed by atoms with van der Waals surface area (Å²) in [6.45, 7) is 3.16. The molecule has 0 saturated carbocycles. The third-order valence-electron chi connectivity index (χ3n) is 4.46. The summed E-state index contributed by atoms with van der Waals surface area (Å²) in [6, 6.07) is 7.91. The van der Waals surface area contributed by atoms with E-state index in [0.717, 1.165) is 4.68 Å². The van der Waals surface area contributed by atoms with E-state index in [2.05, 4.69) is 20.8 Å². The fraction of sp³-hybridized carbons (Fsp3) is 0.222. The van der Waals surface area contributed by atoms with Gasteiger partial charge >= 0.3 is 11.5 Å². The summed E-state index contributed by atoms with van der Waals surface area (Å²) in [6.07, 6.45) is 1.51. The minimum atomic E-state index is -0.976. The molecule has 0 bridgehead atoms. The van der Waals surface area contributed by atoms with E-state index in [1.54, 1.807) is 24.3 Å². The van der Waals surface area contributed by atoms with E-state index < -0.39 is 33.8 Å². The number of benzene rings is 1. The van der Waals surface area contributed by atoms with Crippen molar-refractivity contribution in [3.05, 3.63) is 68.1 Å². The van der Waals surface area contributed by atoms with Gasteiger partial charge in [0, 0.05) is 24.1 Å². The Labute approximate surface area is 180 Å². The molecule has 0 unspecified atom stereocenters. The van der Waals surface area contributed by atoms with Crippen LogP contribution in [-0.2, 0) is 17.9 Å². The molecule has 0 fully saturated rings. The quantitative estimate of drug-likeness (QED) is 0.393. The van der Waals surface area contributed by atoms with Gasteiger partial charge in [0.2, 0.25) is 5.91 Å². The van der Waals surface area contributed by atoms with Crippen molar-refractivity contribution < 1.29 is 19.4 Å². The first-order valence-electron chi connectivity index (χ1n) is 9.30. The summed E-state index contributed by atoms with van der Waals surface area (Å²) < 4.78 is 2.43. The maximum absolute atomic E-state index is 12.4. The summed E-state index contributed by atoms with van der Waals surface area (Å²) in [5.74, 6) is -1.93. The van der Waals surface area contributed by atoms with Crippen molar-refractivity contribution in [1.82, 2.24) is 19.6 Å². The van der Waals surface area contributed by atoms with Gasteiger partial charge in [0.05, 0.1) is 10.0 Å². The fourth-order valence-corrected chi connectivity index (χ4v) is 3.00. The van der Waals surface area contributed by atoms with Crippen LogP contribution in [0.4, 0.5) is 22.9 Å². The van der Waals surface area contributed by atoms with Crippen LogP contribution in [0, 0.1) is 27.2 Å². The zero-order valence-corrected chi connectivity index (χ0v) is 17.0. The van der Waals surface area contributed by atoms with Crippen molar-refractivity contribution in [2.45, 2.75) is 26.9 Å². The SMILES string of the molecule is CCn1nccc1C(=O)Nc1cccc(NC(=O)Cn2nc([N+](=O)[O-])c([N+](=O)[O-])c2C)c1. The molecule has 2 heterocycles. The number of nitrogens with one attached hydrogen (secondary N) is 2. The minimum absolute atomic E-state index is 0.120. The molecule has 2 N–H and O–H groups in total. The number of hydrogen-bond donors (Lipinski definition) is 2. The second-order valence-corrected chi connectivity index (χ2v) is 6.54. The molecule has 0 aliphatic heterocycles. The second kappa shape index (κ2) is 9.03. The van der Waals surface area contributed by atoms with E-state index in [1.165, 1.54) is 23.9 Å². The summed E-state index contributed by atoms with van der Waals surface area (Å²) in [5.41, 5.74) is 0.243. The first-order chi connectivity index (χ1) is 15.2. The molecule has 0 spiro atoms. The number of aromatic nitrogens is 4. The van der Waals surface area contributed by atoms with Crippen LogP contribution in [0.5, 0.6) is 0 Å². The highest BCUT2D eigenvalue weighted by molar-refractivity contribution is 6.03. The van der Waals surface area contributed by atoms with Crippen LogP contribution in [0.2, 0.25) is 0 Å². The van der Waals surface area contributed by atoms with E-state index in [9.17, 15) is 29.8 Å². The summed E-state index contributed by atoms with van der Waals surface area (Å²) in [7, 11) is 0. The molecule has 1 aromatic carbocycles. The summed E-state index contributed by atoms with van der Waals surface area (Å²) in [4.78, 5) is 45.0. The lowest BCUT2D eigenvalue weighted by molar-refractivity contribution is -0.424. The van der Waals surface area contributed by atoms with E-state index in [0.29, 0.717) is 23.6 Å². The van der Waals surface area contributed by atoms with E-state index in [4.69, 9.17) is 0 Å². The Bertz CT molecular complexity index is 1210. The molecule has 3 rings (SSSR count). The Morgan fingerprint density at radius 3 is 2.34 bits per heavy atom. The maximum atomic E-state index is 12.4.